The van der Waals surface area contributed by atoms with Gasteiger partial charge in [-0.15, -0.1) is 11.8 Å². The average Bonchev–Trinajstić information content (AvgIpc) is 2.20. The molecule has 0 fully saturated rings. The number of hydrogen-bond acceptors (Lipinski definition) is 3. The molecule has 2 nitrogen and oxygen atoms in total. The van der Waals surface area contributed by atoms with Crippen molar-refractivity contribution in [3.05, 3.63) is 28.8 Å². The van der Waals surface area contributed by atoms with Gasteiger partial charge in [0.2, 0.25) is 0 Å². The van der Waals surface area contributed by atoms with Crippen molar-refractivity contribution in [3.8, 4) is 0 Å². The molecule has 0 amide bonds. The fourth-order valence-corrected chi connectivity index (χ4v) is 2.51. The zero-order valence-corrected chi connectivity index (χ0v) is 10.5. The van der Waals surface area contributed by atoms with E-state index in [1.165, 1.54) is 0 Å². The molecule has 0 aliphatic heterocycles. The summed E-state index contributed by atoms with van der Waals surface area (Å²) in [5.41, 5.74) is 6.66. The number of aliphatic hydroxyl groups excluding tert-OH is 1. The molecule has 0 aliphatic carbocycles. The Morgan fingerprint density at radius 2 is 2.13 bits per heavy atom. The number of thioether (sulfide) groups is 1. The monoisotopic (exact) mass is 245 g/mol. The van der Waals surface area contributed by atoms with Gasteiger partial charge in [-0.1, -0.05) is 30.7 Å². The lowest BCUT2D eigenvalue weighted by Crippen LogP contribution is -2.15. The van der Waals surface area contributed by atoms with Crippen LogP contribution >= 0.6 is 23.4 Å². The van der Waals surface area contributed by atoms with Crippen molar-refractivity contribution in [2.45, 2.75) is 36.6 Å². The van der Waals surface area contributed by atoms with Crippen LogP contribution in [0.15, 0.2) is 23.1 Å². The lowest BCUT2D eigenvalue weighted by molar-refractivity contribution is 0.196. The largest absolute Gasteiger partial charge is 0.392 e. The van der Waals surface area contributed by atoms with Gasteiger partial charge in [-0.3, -0.25) is 0 Å². The third-order valence-electron chi connectivity index (χ3n) is 2.25. The summed E-state index contributed by atoms with van der Waals surface area (Å²) in [5.74, 6) is 0. The maximum absolute atomic E-state index is 9.44. The van der Waals surface area contributed by atoms with Crippen LogP contribution in [0.1, 0.15) is 19.4 Å². The third-order valence-corrected chi connectivity index (χ3v) is 4.16. The van der Waals surface area contributed by atoms with Crippen LogP contribution in [0.3, 0.4) is 0 Å². The van der Waals surface area contributed by atoms with E-state index in [1.807, 2.05) is 25.1 Å². The van der Waals surface area contributed by atoms with Gasteiger partial charge >= 0.3 is 0 Å². The summed E-state index contributed by atoms with van der Waals surface area (Å²) in [6.07, 6.45) is -0.364. The minimum Gasteiger partial charge on any atom is -0.392 e. The van der Waals surface area contributed by atoms with Crippen LogP contribution in [0.4, 0.5) is 0 Å². The van der Waals surface area contributed by atoms with E-state index in [4.69, 9.17) is 17.3 Å². The molecule has 0 aliphatic rings. The van der Waals surface area contributed by atoms with Crippen LogP contribution in [0.2, 0.25) is 5.02 Å². The normalized spacial score (nSPS) is 15.0. The molecule has 1 aromatic carbocycles. The molecule has 4 heteroatoms. The summed E-state index contributed by atoms with van der Waals surface area (Å²) in [6.45, 7) is 4.21. The fourth-order valence-electron chi connectivity index (χ4n) is 1.13. The Morgan fingerprint density at radius 3 is 2.67 bits per heavy atom. The van der Waals surface area contributed by atoms with Gasteiger partial charge in [-0.25, -0.2) is 0 Å². The number of aliphatic hydroxyl groups is 1. The molecule has 0 saturated heterocycles. The smallest absolute Gasteiger partial charge is 0.0631 e. The predicted molar refractivity (Wildman–Crippen MR) is 66.3 cm³/mol. The Labute approximate surface area is 99.8 Å². The first-order valence-corrected chi connectivity index (χ1v) is 6.14. The molecule has 0 aromatic heterocycles. The van der Waals surface area contributed by atoms with Crippen LogP contribution in [0, 0.1) is 0 Å². The highest BCUT2D eigenvalue weighted by molar-refractivity contribution is 8.00. The third kappa shape index (κ3) is 3.38. The summed E-state index contributed by atoms with van der Waals surface area (Å²) < 4.78 is 0. The van der Waals surface area contributed by atoms with Gasteiger partial charge < -0.3 is 10.8 Å². The van der Waals surface area contributed by atoms with Crippen molar-refractivity contribution in [3.63, 3.8) is 0 Å². The van der Waals surface area contributed by atoms with Crippen molar-refractivity contribution < 1.29 is 5.11 Å². The van der Waals surface area contributed by atoms with E-state index < -0.39 is 0 Å². The average molecular weight is 246 g/mol. The van der Waals surface area contributed by atoms with E-state index in [0.29, 0.717) is 11.6 Å². The van der Waals surface area contributed by atoms with Gasteiger partial charge in [0.25, 0.3) is 0 Å². The Balaban J connectivity index is 2.92. The van der Waals surface area contributed by atoms with Crippen molar-refractivity contribution in [2.24, 2.45) is 5.73 Å². The van der Waals surface area contributed by atoms with Crippen molar-refractivity contribution in [1.82, 2.24) is 0 Å². The second-order valence-corrected chi connectivity index (χ2v) is 5.29. The maximum atomic E-state index is 9.44. The molecule has 84 valence electrons. The summed E-state index contributed by atoms with van der Waals surface area (Å²) in [7, 11) is 0. The topological polar surface area (TPSA) is 46.2 Å². The zero-order valence-electron chi connectivity index (χ0n) is 8.90. The van der Waals surface area contributed by atoms with Crippen LogP contribution in [-0.4, -0.2) is 16.5 Å². The Bertz CT molecular complexity index is 330. The molecule has 2 atom stereocenters. The molecule has 2 unspecified atom stereocenters. The maximum Gasteiger partial charge on any atom is 0.0631 e. The number of rotatable bonds is 4. The second-order valence-electron chi connectivity index (χ2n) is 3.50. The Kier molecular flexibility index (Phi) is 4.93. The standard InChI is InChI=1S/C11H16ClNOS/c1-7(14)8(2)15-11-9(6-13)4-3-5-10(11)12/h3-5,7-8,14H,6,13H2,1-2H3. The zero-order chi connectivity index (χ0) is 11.4. The highest BCUT2D eigenvalue weighted by Crippen LogP contribution is 2.34. The minimum atomic E-state index is -0.364. The quantitative estimate of drug-likeness (QED) is 0.802. The molecular weight excluding hydrogens is 230 g/mol. The lowest BCUT2D eigenvalue weighted by atomic mass is 10.2. The van der Waals surface area contributed by atoms with E-state index in [9.17, 15) is 5.11 Å². The SMILES string of the molecule is CC(O)C(C)Sc1c(Cl)cccc1CN. The molecule has 0 saturated carbocycles. The first-order chi connectivity index (χ1) is 7.06. The van der Waals surface area contributed by atoms with E-state index >= 15 is 0 Å². The highest BCUT2D eigenvalue weighted by atomic mass is 35.5. The van der Waals surface area contributed by atoms with Gasteiger partial charge in [0, 0.05) is 16.7 Å². The van der Waals surface area contributed by atoms with E-state index in [-0.39, 0.29) is 11.4 Å². The molecule has 0 radical (unpaired) electrons. The van der Waals surface area contributed by atoms with Gasteiger partial charge in [0.05, 0.1) is 11.1 Å². The number of benzene rings is 1. The van der Waals surface area contributed by atoms with Crippen molar-refractivity contribution >= 4 is 23.4 Å². The van der Waals surface area contributed by atoms with Crippen LogP contribution < -0.4 is 5.73 Å². The lowest BCUT2D eigenvalue weighted by Gasteiger charge is -2.17. The van der Waals surface area contributed by atoms with Gasteiger partial charge in [0.1, 0.15) is 0 Å². The summed E-state index contributed by atoms with van der Waals surface area (Å²) in [5, 5.41) is 10.3. The van der Waals surface area contributed by atoms with Crippen molar-refractivity contribution in [1.29, 1.82) is 0 Å². The Morgan fingerprint density at radius 1 is 1.47 bits per heavy atom. The molecule has 15 heavy (non-hydrogen) atoms. The predicted octanol–water partition coefficient (Wildman–Crippen LogP) is 2.66. The minimum absolute atomic E-state index is 0.107. The first kappa shape index (κ1) is 12.8. The van der Waals surface area contributed by atoms with Crippen LogP contribution in [0.5, 0.6) is 0 Å². The molecule has 1 aromatic rings. The van der Waals surface area contributed by atoms with Gasteiger partial charge in [0.15, 0.2) is 0 Å². The summed E-state index contributed by atoms with van der Waals surface area (Å²) in [6, 6.07) is 5.70. The van der Waals surface area contributed by atoms with Gasteiger partial charge in [-0.2, -0.15) is 0 Å². The molecule has 1 rings (SSSR count). The molecule has 0 heterocycles. The number of hydrogen-bond donors (Lipinski definition) is 2. The summed E-state index contributed by atoms with van der Waals surface area (Å²) in [4.78, 5) is 0.982. The van der Waals surface area contributed by atoms with E-state index in [0.717, 1.165) is 10.5 Å². The van der Waals surface area contributed by atoms with E-state index in [1.54, 1.807) is 18.7 Å². The second kappa shape index (κ2) is 5.75. The summed E-state index contributed by atoms with van der Waals surface area (Å²) >= 11 is 7.67. The van der Waals surface area contributed by atoms with Crippen molar-refractivity contribution in [2.75, 3.05) is 0 Å². The molecule has 0 spiro atoms. The van der Waals surface area contributed by atoms with Crippen LogP contribution in [0.25, 0.3) is 0 Å². The number of halogens is 1. The Hall–Kier alpha value is -0.220. The first-order valence-electron chi connectivity index (χ1n) is 4.88. The van der Waals surface area contributed by atoms with Crippen LogP contribution in [-0.2, 0) is 6.54 Å². The molecular formula is C11H16ClNOS. The number of nitrogens with two attached hydrogens (primary N) is 1. The molecule has 0 bridgehead atoms. The molecule has 3 N–H and O–H groups in total. The van der Waals surface area contributed by atoms with E-state index in [2.05, 4.69) is 0 Å². The highest BCUT2D eigenvalue weighted by Gasteiger charge is 2.14. The fraction of sp³-hybridized carbons (Fsp3) is 0.455. The van der Waals surface area contributed by atoms with Gasteiger partial charge in [-0.05, 0) is 18.6 Å².